The molecule has 6 nitrogen and oxygen atoms in total. The minimum atomic E-state index is -0.644. The van der Waals surface area contributed by atoms with Crippen molar-refractivity contribution in [3.63, 3.8) is 0 Å². The molecule has 0 bridgehead atoms. The van der Waals surface area contributed by atoms with E-state index in [1.54, 1.807) is 37.4 Å². The van der Waals surface area contributed by atoms with Crippen LogP contribution in [0.1, 0.15) is 15.9 Å². The Morgan fingerprint density at radius 1 is 1.22 bits per heavy atom. The molecule has 2 amide bonds. The molecule has 8 heteroatoms. The van der Waals surface area contributed by atoms with E-state index in [0.717, 1.165) is 5.56 Å². The van der Waals surface area contributed by atoms with Gasteiger partial charge >= 0.3 is 0 Å². The molecule has 1 unspecified atom stereocenters. The second-order valence-electron chi connectivity index (χ2n) is 6.00. The van der Waals surface area contributed by atoms with Gasteiger partial charge in [0.05, 0.1) is 17.2 Å². The fourth-order valence-electron chi connectivity index (χ4n) is 2.73. The van der Waals surface area contributed by atoms with Crippen LogP contribution in [0, 0.1) is 0 Å². The van der Waals surface area contributed by atoms with E-state index in [4.69, 9.17) is 32.7 Å². The van der Waals surface area contributed by atoms with E-state index in [1.165, 1.54) is 6.07 Å². The van der Waals surface area contributed by atoms with Crippen LogP contribution < -0.4 is 15.4 Å². The standard InChI is InChI=1S/C19H18Cl2N2O4/c1-26-7-6-22-18(24)14-4-3-13(10-15(14)21)23-19(25)17-9-11-8-12(20)2-5-16(11)27-17/h2-5,8,10,17H,6-7,9H2,1H3,(H,22,24)(H,23,25). The molecule has 0 fully saturated rings. The van der Waals surface area contributed by atoms with E-state index in [1.807, 2.05) is 0 Å². The molecule has 1 heterocycles. The fraction of sp³-hybridized carbons (Fsp3) is 0.263. The molecule has 1 aliphatic rings. The summed E-state index contributed by atoms with van der Waals surface area (Å²) in [5, 5.41) is 6.30. The minimum absolute atomic E-state index is 0.241. The number of ether oxygens (including phenoxy) is 2. The number of anilines is 1. The summed E-state index contributed by atoms with van der Waals surface area (Å²) in [5.74, 6) is 0.0535. The van der Waals surface area contributed by atoms with Crippen molar-refractivity contribution in [3.05, 3.63) is 57.6 Å². The highest BCUT2D eigenvalue weighted by atomic mass is 35.5. The fourth-order valence-corrected chi connectivity index (χ4v) is 3.19. The van der Waals surface area contributed by atoms with Gasteiger partial charge in [0.1, 0.15) is 5.75 Å². The van der Waals surface area contributed by atoms with Crippen molar-refractivity contribution in [2.24, 2.45) is 0 Å². The number of hydrogen-bond acceptors (Lipinski definition) is 4. The third-order valence-corrected chi connectivity index (χ3v) is 4.61. The predicted molar refractivity (Wildman–Crippen MR) is 104 cm³/mol. The summed E-state index contributed by atoms with van der Waals surface area (Å²) in [6.45, 7) is 0.792. The number of nitrogens with one attached hydrogen (secondary N) is 2. The van der Waals surface area contributed by atoms with Gasteiger partial charge in [-0.05, 0) is 42.0 Å². The van der Waals surface area contributed by atoms with Gasteiger partial charge in [-0.15, -0.1) is 0 Å². The van der Waals surface area contributed by atoms with Crippen LogP contribution in [-0.2, 0) is 16.0 Å². The third-order valence-electron chi connectivity index (χ3n) is 4.06. The lowest BCUT2D eigenvalue weighted by Gasteiger charge is -2.13. The van der Waals surface area contributed by atoms with Crippen LogP contribution in [0.25, 0.3) is 0 Å². The maximum Gasteiger partial charge on any atom is 0.265 e. The highest BCUT2D eigenvalue weighted by Crippen LogP contribution is 2.31. The van der Waals surface area contributed by atoms with Gasteiger partial charge in [-0.25, -0.2) is 0 Å². The number of hydrogen-bond donors (Lipinski definition) is 2. The molecule has 2 aromatic rings. The molecule has 0 aliphatic carbocycles. The maximum atomic E-state index is 12.5. The number of methoxy groups -OCH3 is 1. The summed E-state index contributed by atoms with van der Waals surface area (Å²) in [6.07, 6.45) is -0.204. The van der Waals surface area contributed by atoms with Gasteiger partial charge in [-0.1, -0.05) is 23.2 Å². The molecule has 1 atom stereocenters. The first kappa shape index (κ1) is 19.5. The van der Waals surface area contributed by atoms with Gasteiger partial charge in [-0.2, -0.15) is 0 Å². The number of amides is 2. The topological polar surface area (TPSA) is 76.7 Å². The van der Waals surface area contributed by atoms with E-state index < -0.39 is 6.10 Å². The highest BCUT2D eigenvalue weighted by Gasteiger charge is 2.29. The average molecular weight is 409 g/mol. The van der Waals surface area contributed by atoms with E-state index in [0.29, 0.717) is 41.6 Å². The number of carbonyl (C=O) groups is 2. The van der Waals surface area contributed by atoms with Crippen LogP contribution in [-0.4, -0.2) is 38.2 Å². The van der Waals surface area contributed by atoms with Crippen LogP contribution in [0.3, 0.4) is 0 Å². The smallest absolute Gasteiger partial charge is 0.265 e. The molecular formula is C19H18Cl2N2O4. The van der Waals surface area contributed by atoms with Crippen molar-refractivity contribution in [1.29, 1.82) is 0 Å². The first-order valence-corrected chi connectivity index (χ1v) is 9.06. The molecule has 0 aromatic heterocycles. The SMILES string of the molecule is COCCNC(=O)c1ccc(NC(=O)C2Cc3cc(Cl)ccc3O2)cc1Cl. The second-order valence-corrected chi connectivity index (χ2v) is 6.84. The quantitative estimate of drug-likeness (QED) is 0.718. The number of fused-ring (bicyclic) bond motifs is 1. The molecule has 0 saturated heterocycles. The molecule has 0 radical (unpaired) electrons. The van der Waals surface area contributed by atoms with Gasteiger partial charge in [0.2, 0.25) is 0 Å². The molecule has 1 aliphatic heterocycles. The number of rotatable bonds is 6. The minimum Gasteiger partial charge on any atom is -0.480 e. The van der Waals surface area contributed by atoms with E-state index in [-0.39, 0.29) is 16.8 Å². The zero-order chi connectivity index (χ0) is 19.4. The summed E-state index contributed by atoms with van der Waals surface area (Å²) < 4.78 is 10.5. The van der Waals surface area contributed by atoms with E-state index >= 15 is 0 Å². The van der Waals surface area contributed by atoms with Crippen molar-refractivity contribution < 1.29 is 19.1 Å². The van der Waals surface area contributed by atoms with Gasteiger partial charge < -0.3 is 20.1 Å². The summed E-state index contributed by atoms with van der Waals surface area (Å²) in [7, 11) is 1.55. The van der Waals surface area contributed by atoms with Gasteiger partial charge in [0.25, 0.3) is 11.8 Å². The Bertz CT molecular complexity index is 873. The average Bonchev–Trinajstić information content (AvgIpc) is 3.05. The summed E-state index contributed by atoms with van der Waals surface area (Å²) >= 11 is 12.1. The largest absolute Gasteiger partial charge is 0.480 e. The maximum absolute atomic E-state index is 12.5. The number of halogens is 2. The summed E-state index contributed by atoms with van der Waals surface area (Å²) in [5.41, 5.74) is 1.70. The van der Waals surface area contributed by atoms with Crippen molar-refractivity contribution in [3.8, 4) is 5.75 Å². The Morgan fingerprint density at radius 3 is 2.78 bits per heavy atom. The zero-order valence-corrected chi connectivity index (χ0v) is 16.1. The van der Waals surface area contributed by atoms with Crippen molar-refractivity contribution in [2.75, 3.05) is 25.6 Å². The van der Waals surface area contributed by atoms with E-state index in [2.05, 4.69) is 10.6 Å². The first-order chi connectivity index (χ1) is 13.0. The predicted octanol–water partition coefficient (Wildman–Crippen LogP) is 3.31. The molecule has 142 valence electrons. The number of carbonyl (C=O) groups excluding carboxylic acids is 2. The van der Waals surface area contributed by atoms with Gasteiger partial charge in [-0.3, -0.25) is 9.59 Å². The molecule has 27 heavy (non-hydrogen) atoms. The summed E-state index contributed by atoms with van der Waals surface area (Å²) in [4.78, 5) is 24.5. The Labute approximate surface area is 166 Å². The Kier molecular flexibility index (Phi) is 6.21. The molecular weight excluding hydrogens is 391 g/mol. The van der Waals surface area contributed by atoms with Crippen LogP contribution in [0.5, 0.6) is 5.75 Å². The first-order valence-electron chi connectivity index (χ1n) is 8.30. The lowest BCUT2D eigenvalue weighted by atomic mass is 10.1. The van der Waals surface area contributed by atoms with Gasteiger partial charge in [0, 0.05) is 30.8 Å². The molecule has 2 N–H and O–H groups in total. The zero-order valence-electron chi connectivity index (χ0n) is 14.6. The summed E-state index contributed by atoms with van der Waals surface area (Å²) in [6, 6.07) is 9.97. The Balaban J connectivity index is 1.62. The second kappa shape index (κ2) is 8.61. The normalized spacial score (nSPS) is 15.0. The molecule has 3 rings (SSSR count). The van der Waals surface area contributed by atoms with E-state index in [9.17, 15) is 9.59 Å². The lowest BCUT2D eigenvalue weighted by molar-refractivity contribution is -0.122. The Morgan fingerprint density at radius 2 is 2.04 bits per heavy atom. The highest BCUT2D eigenvalue weighted by molar-refractivity contribution is 6.34. The third kappa shape index (κ3) is 4.71. The van der Waals surface area contributed by atoms with Gasteiger partial charge in [0.15, 0.2) is 6.10 Å². The molecule has 2 aromatic carbocycles. The van der Waals surface area contributed by atoms with Crippen molar-refractivity contribution >= 4 is 40.7 Å². The molecule has 0 spiro atoms. The Hall–Kier alpha value is -2.28. The monoisotopic (exact) mass is 408 g/mol. The van der Waals surface area contributed by atoms with Crippen LogP contribution in [0.2, 0.25) is 10.0 Å². The van der Waals surface area contributed by atoms with Crippen molar-refractivity contribution in [1.82, 2.24) is 5.32 Å². The van der Waals surface area contributed by atoms with Crippen LogP contribution >= 0.6 is 23.2 Å². The molecule has 0 saturated carbocycles. The van der Waals surface area contributed by atoms with Crippen LogP contribution in [0.4, 0.5) is 5.69 Å². The lowest BCUT2D eigenvalue weighted by Crippen LogP contribution is -2.31. The number of benzene rings is 2. The van der Waals surface area contributed by atoms with Crippen molar-refractivity contribution in [2.45, 2.75) is 12.5 Å². The van der Waals surface area contributed by atoms with Crippen LogP contribution in [0.15, 0.2) is 36.4 Å².